The van der Waals surface area contributed by atoms with Gasteiger partial charge in [-0.2, -0.15) is 0 Å². The van der Waals surface area contributed by atoms with Gasteiger partial charge in [0.2, 0.25) is 11.9 Å². The van der Waals surface area contributed by atoms with Crippen molar-refractivity contribution < 1.29 is 14.3 Å². The Balaban J connectivity index is 1.47. The Morgan fingerprint density at radius 2 is 1.76 bits per heavy atom. The molecule has 2 amide bonds. The summed E-state index contributed by atoms with van der Waals surface area (Å²) in [6.45, 7) is 2.42. The summed E-state index contributed by atoms with van der Waals surface area (Å²) in [7, 11) is 1.55. The second-order valence-electron chi connectivity index (χ2n) is 8.15. The van der Waals surface area contributed by atoms with E-state index in [4.69, 9.17) is 9.72 Å². The molecule has 0 aliphatic carbocycles. The Bertz CT molecular complexity index is 1340. The molecule has 33 heavy (non-hydrogen) atoms. The third-order valence-corrected chi connectivity index (χ3v) is 5.90. The number of benzene rings is 3. The molecule has 1 N–H and O–H groups in total. The Hall–Kier alpha value is -4.13. The van der Waals surface area contributed by atoms with Gasteiger partial charge < -0.3 is 10.1 Å². The molecule has 5 rings (SSSR count). The highest BCUT2D eigenvalue weighted by atomic mass is 16.5. The van der Waals surface area contributed by atoms with Gasteiger partial charge in [0.15, 0.2) is 0 Å². The molecule has 7 nitrogen and oxygen atoms in total. The largest absolute Gasteiger partial charge is 0.495 e. The number of anilines is 2. The number of para-hydroxylation sites is 4. The van der Waals surface area contributed by atoms with E-state index < -0.39 is 6.04 Å². The van der Waals surface area contributed by atoms with Crippen LogP contribution in [0.25, 0.3) is 11.0 Å². The van der Waals surface area contributed by atoms with Crippen LogP contribution in [0.4, 0.5) is 11.6 Å². The van der Waals surface area contributed by atoms with Gasteiger partial charge in [0.25, 0.3) is 5.91 Å². The molecule has 0 radical (unpaired) electrons. The van der Waals surface area contributed by atoms with E-state index in [2.05, 4.69) is 5.32 Å². The smallest absolute Gasteiger partial charge is 0.253 e. The summed E-state index contributed by atoms with van der Waals surface area (Å²) in [6, 6.07) is 22.3. The van der Waals surface area contributed by atoms with Crippen LogP contribution in [-0.4, -0.2) is 28.5 Å². The molecule has 2 heterocycles. The van der Waals surface area contributed by atoms with E-state index in [9.17, 15) is 9.59 Å². The number of carbonyl (C=O) groups excluding carboxylic acids is 2. The van der Waals surface area contributed by atoms with Gasteiger partial charge in [0.1, 0.15) is 11.8 Å². The first-order valence-corrected chi connectivity index (χ1v) is 10.8. The van der Waals surface area contributed by atoms with Crippen LogP contribution in [0.15, 0.2) is 72.8 Å². The van der Waals surface area contributed by atoms with E-state index >= 15 is 0 Å². The monoisotopic (exact) mass is 440 g/mol. The Labute approximate surface area is 191 Å². The number of nitrogens with one attached hydrogen (secondary N) is 1. The van der Waals surface area contributed by atoms with Crippen molar-refractivity contribution in [2.24, 2.45) is 0 Å². The first-order chi connectivity index (χ1) is 16.0. The van der Waals surface area contributed by atoms with Crippen molar-refractivity contribution in [3.63, 3.8) is 0 Å². The van der Waals surface area contributed by atoms with E-state index in [0.717, 1.165) is 22.2 Å². The molecule has 1 aliphatic heterocycles. The summed E-state index contributed by atoms with van der Waals surface area (Å²) in [5.41, 5.74) is 4.37. The van der Waals surface area contributed by atoms with Crippen LogP contribution < -0.4 is 15.0 Å². The fourth-order valence-corrected chi connectivity index (χ4v) is 4.25. The molecule has 7 heteroatoms. The van der Waals surface area contributed by atoms with Crippen molar-refractivity contribution in [3.8, 4) is 5.75 Å². The van der Waals surface area contributed by atoms with Crippen LogP contribution in [0, 0.1) is 6.92 Å². The number of methoxy groups -OCH3 is 1. The molecule has 0 spiro atoms. The maximum absolute atomic E-state index is 13.5. The number of amides is 2. The van der Waals surface area contributed by atoms with Crippen molar-refractivity contribution in [3.05, 3.63) is 83.9 Å². The molecular formula is C26H24N4O3. The van der Waals surface area contributed by atoms with Crippen molar-refractivity contribution >= 4 is 34.5 Å². The van der Waals surface area contributed by atoms with Gasteiger partial charge in [-0.3, -0.25) is 19.1 Å². The number of fused-ring (bicyclic) bond motifs is 3. The number of carbonyl (C=O) groups is 2. The third kappa shape index (κ3) is 3.82. The second kappa shape index (κ2) is 8.43. The number of rotatable bonds is 6. The predicted octanol–water partition coefficient (Wildman–Crippen LogP) is 4.47. The van der Waals surface area contributed by atoms with E-state index in [-0.39, 0.29) is 18.2 Å². The van der Waals surface area contributed by atoms with Crippen LogP contribution in [0.1, 0.15) is 23.6 Å². The quantitative estimate of drug-likeness (QED) is 0.480. The molecule has 4 aromatic rings. The summed E-state index contributed by atoms with van der Waals surface area (Å²) >= 11 is 0. The summed E-state index contributed by atoms with van der Waals surface area (Å²) in [5.74, 6) is 0.730. The molecule has 0 fully saturated rings. The zero-order chi connectivity index (χ0) is 22.9. The Morgan fingerprint density at radius 1 is 1.03 bits per heavy atom. The maximum Gasteiger partial charge on any atom is 0.253 e. The van der Waals surface area contributed by atoms with Gasteiger partial charge in [-0.25, -0.2) is 4.98 Å². The van der Waals surface area contributed by atoms with Crippen molar-refractivity contribution in [1.82, 2.24) is 9.55 Å². The molecule has 166 valence electrons. The van der Waals surface area contributed by atoms with Crippen LogP contribution >= 0.6 is 0 Å². The maximum atomic E-state index is 13.5. The highest BCUT2D eigenvalue weighted by Crippen LogP contribution is 2.37. The minimum Gasteiger partial charge on any atom is -0.495 e. The molecule has 0 bridgehead atoms. The molecular weight excluding hydrogens is 416 g/mol. The lowest BCUT2D eigenvalue weighted by molar-refractivity contribution is -0.124. The van der Waals surface area contributed by atoms with Gasteiger partial charge in [0.05, 0.1) is 36.8 Å². The summed E-state index contributed by atoms with van der Waals surface area (Å²) < 4.78 is 7.21. The van der Waals surface area contributed by atoms with Crippen LogP contribution in [0.3, 0.4) is 0 Å². The molecule has 0 saturated heterocycles. The molecule has 1 aliphatic rings. The lowest BCUT2D eigenvalue weighted by Crippen LogP contribution is -2.31. The summed E-state index contributed by atoms with van der Waals surface area (Å²) in [6.07, 6.45) is -0.00532. The van der Waals surface area contributed by atoms with E-state index in [1.165, 1.54) is 0 Å². The van der Waals surface area contributed by atoms with Crippen LogP contribution in [0.2, 0.25) is 0 Å². The fourth-order valence-electron chi connectivity index (χ4n) is 4.25. The first-order valence-electron chi connectivity index (χ1n) is 10.8. The van der Waals surface area contributed by atoms with Gasteiger partial charge in [-0.1, -0.05) is 54.1 Å². The lowest BCUT2D eigenvalue weighted by Gasteiger charge is -2.16. The normalized spacial score (nSPS) is 15.0. The zero-order valence-electron chi connectivity index (χ0n) is 18.5. The molecule has 3 aromatic carbocycles. The van der Waals surface area contributed by atoms with Crippen molar-refractivity contribution in [2.45, 2.75) is 25.9 Å². The second-order valence-corrected chi connectivity index (χ2v) is 8.15. The Morgan fingerprint density at radius 3 is 2.55 bits per heavy atom. The molecule has 1 aromatic heterocycles. The Kier molecular flexibility index (Phi) is 5.30. The van der Waals surface area contributed by atoms with Crippen LogP contribution in [0.5, 0.6) is 5.75 Å². The van der Waals surface area contributed by atoms with E-state index in [1.54, 1.807) is 24.1 Å². The molecule has 0 unspecified atom stereocenters. The minimum absolute atomic E-state index is 0.00532. The minimum atomic E-state index is -0.674. The zero-order valence-corrected chi connectivity index (χ0v) is 18.5. The highest BCUT2D eigenvalue weighted by Gasteiger charge is 2.40. The molecule has 1 atom stereocenters. The number of aryl methyl sites for hydroxylation is 1. The topological polar surface area (TPSA) is 76.5 Å². The number of ether oxygens (including phenoxy) is 1. The fraction of sp³-hybridized carbons (Fsp3) is 0.192. The summed E-state index contributed by atoms with van der Waals surface area (Å²) in [4.78, 5) is 32.9. The van der Waals surface area contributed by atoms with Crippen LogP contribution in [-0.2, 0) is 16.1 Å². The average Bonchev–Trinajstić information content (AvgIpc) is 3.31. The number of nitrogens with zero attached hydrogens (tertiary/aromatic N) is 3. The average molecular weight is 441 g/mol. The third-order valence-electron chi connectivity index (χ3n) is 5.90. The molecule has 0 saturated carbocycles. The van der Waals surface area contributed by atoms with Crippen molar-refractivity contribution in [2.75, 3.05) is 17.3 Å². The number of aromatic nitrogens is 2. The van der Waals surface area contributed by atoms with Gasteiger partial charge >= 0.3 is 0 Å². The van der Waals surface area contributed by atoms with Gasteiger partial charge in [0, 0.05) is 0 Å². The number of imidazole rings is 1. The summed E-state index contributed by atoms with van der Waals surface area (Å²) in [5, 5.41) is 2.88. The van der Waals surface area contributed by atoms with Crippen molar-refractivity contribution in [1.29, 1.82) is 0 Å². The van der Waals surface area contributed by atoms with Gasteiger partial charge in [-0.05, 0) is 36.8 Å². The SMILES string of the molecule is COc1ccccc1NC(=O)C[C@H]1C(=O)N(Cc2ccc(C)cc2)c2nc3ccccc3n21. The number of hydrogen-bond acceptors (Lipinski definition) is 4. The highest BCUT2D eigenvalue weighted by molar-refractivity contribution is 6.05. The predicted molar refractivity (Wildman–Crippen MR) is 127 cm³/mol. The van der Waals surface area contributed by atoms with E-state index in [1.807, 2.05) is 72.2 Å². The lowest BCUT2D eigenvalue weighted by atomic mass is 10.1. The standard InChI is InChI=1S/C26H24N4O3/c1-17-11-13-18(14-12-17)16-29-25(32)22(30-21-9-5-3-7-19(21)28-26(29)30)15-24(31)27-20-8-4-6-10-23(20)33-2/h3-14,22H,15-16H2,1-2H3,(H,27,31)/t22-/m0/s1. The first kappa shape index (κ1) is 20.8. The van der Waals surface area contributed by atoms with E-state index in [0.29, 0.717) is 23.9 Å². The number of hydrogen-bond donors (Lipinski definition) is 1. The van der Waals surface area contributed by atoms with Gasteiger partial charge in [-0.15, -0.1) is 0 Å².